The Kier molecular flexibility index (Phi) is 5.81. The van der Waals surface area contributed by atoms with Crippen LogP contribution in [0, 0.1) is 5.92 Å². The molecule has 22 heavy (non-hydrogen) atoms. The van der Waals surface area contributed by atoms with Gasteiger partial charge in [-0.15, -0.1) is 0 Å². The summed E-state index contributed by atoms with van der Waals surface area (Å²) in [4.78, 5) is 32.9. The fourth-order valence-corrected chi connectivity index (χ4v) is 3.37. The van der Waals surface area contributed by atoms with Crippen LogP contribution in [0.3, 0.4) is 0 Å². The number of rotatable bonds is 7. The smallest absolute Gasteiger partial charge is 0.299 e. The Morgan fingerprint density at radius 3 is 2.09 bits per heavy atom. The van der Waals surface area contributed by atoms with Crippen molar-refractivity contribution in [2.45, 2.75) is 45.6 Å². The summed E-state index contributed by atoms with van der Waals surface area (Å²) >= 11 is 0. The van der Waals surface area contributed by atoms with Crippen LogP contribution in [0.15, 0.2) is 0 Å². The van der Waals surface area contributed by atoms with Crippen LogP contribution in [0.2, 0.25) is 0 Å². The third-order valence-corrected chi connectivity index (χ3v) is 5.03. The molecule has 1 aliphatic heterocycles. The summed E-state index contributed by atoms with van der Waals surface area (Å²) in [7, 11) is 3.93. The highest BCUT2D eigenvalue weighted by Gasteiger charge is 2.49. The first-order valence-corrected chi connectivity index (χ1v) is 8.48. The molecule has 0 N–H and O–H groups in total. The lowest BCUT2D eigenvalue weighted by molar-refractivity contribution is -0.131. The van der Waals surface area contributed by atoms with E-state index in [0.717, 1.165) is 25.9 Å². The number of imide groups is 1. The molecule has 1 saturated carbocycles. The molecule has 6 nitrogen and oxygen atoms in total. The van der Waals surface area contributed by atoms with Gasteiger partial charge < -0.3 is 0 Å². The van der Waals surface area contributed by atoms with Crippen LogP contribution in [-0.4, -0.2) is 78.1 Å². The molecule has 0 radical (unpaired) electrons. The number of urea groups is 1. The minimum atomic E-state index is -0.255. The SMILES string of the molecule is CCN(C)CN1C(=O)C(C2CCCC2)N(CN(C)CC)C1=O. The second-order valence-corrected chi connectivity index (χ2v) is 6.64. The Bertz CT molecular complexity index is 409. The second-order valence-electron chi connectivity index (χ2n) is 6.64. The third kappa shape index (κ3) is 3.43. The molecule has 0 bridgehead atoms. The van der Waals surface area contributed by atoms with E-state index >= 15 is 0 Å². The van der Waals surface area contributed by atoms with Gasteiger partial charge in [0.25, 0.3) is 5.91 Å². The zero-order chi connectivity index (χ0) is 16.3. The van der Waals surface area contributed by atoms with Crippen molar-refractivity contribution in [1.29, 1.82) is 0 Å². The van der Waals surface area contributed by atoms with Crippen molar-refractivity contribution in [2.24, 2.45) is 5.92 Å². The Balaban J connectivity index is 2.18. The van der Waals surface area contributed by atoms with Crippen LogP contribution in [-0.2, 0) is 4.79 Å². The number of carbonyl (C=O) groups excluding carboxylic acids is 2. The molecule has 0 spiro atoms. The van der Waals surface area contributed by atoms with E-state index in [4.69, 9.17) is 0 Å². The average molecular weight is 310 g/mol. The normalized spacial score (nSPS) is 23.6. The molecule has 0 aromatic rings. The van der Waals surface area contributed by atoms with Crippen LogP contribution in [0.25, 0.3) is 0 Å². The Labute approximate surface area is 134 Å². The minimum Gasteiger partial charge on any atom is -0.299 e. The summed E-state index contributed by atoms with van der Waals surface area (Å²) in [5.41, 5.74) is 0. The van der Waals surface area contributed by atoms with Crippen LogP contribution >= 0.6 is 0 Å². The van der Waals surface area contributed by atoms with Gasteiger partial charge in [0.15, 0.2) is 0 Å². The maximum atomic E-state index is 12.9. The van der Waals surface area contributed by atoms with Crippen LogP contribution in [0.1, 0.15) is 39.5 Å². The average Bonchev–Trinajstić information content (AvgIpc) is 3.10. The summed E-state index contributed by atoms with van der Waals surface area (Å²) in [5, 5.41) is 0. The van der Waals surface area contributed by atoms with Gasteiger partial charge in [0.1, 0.15) is 6.04 Å². The van der Waals surface area contributed by atoms with E-state index in [9.17, 15) is 9.59 Å². The van der Waals surface area contributed by atoms with Crippen molar-refractivity contribution in [3.8, 4) is 0 Å². The van der Waals surface area contributed by atoms with Gasteiger partial charge in [-0.2, -0.15) is 0 Å². The van der Waals surface area contributed by atoms with Crippen molar-refractivity contribution < 1.29 is 9.59 Å². The summed E-state index contributed by atoms with van der Waals surface area (Å²) in [5.74, 6) is 0.334. The number of hydrogen-bond donors (Lipinski definition) is 0. The third-order valence-electron chi connectivity index (χ3n) is 5.03. The largest absolute Gasteiger partial charge is 0.329 e. The first kappa shape index (κ1) is 17.2. The van der Waals surface area contributed by atoms with Crippen molar-refractivity contribution in [1.82, 2.24) is 19.6 Å². The van der Waals surface area contributed by atoms with Gasteiger partial charge in [-0.3, -0.25) is 19.5 Å². The predicted octanol–water partition coefficient (Wildman–Crippen LogP) is 1.63. The van der Waals surface area contributed by atoms with Crippen LogP contribution in [0.4, 0.5) is 4.79 Å². The molecule has 1 unspecified atom stereocenters. The molecule has 6 heteroatoms. The van der Waals surface area contributed by atoms with Crippen molar-refractivity contribution >= 4 is 11.9 Å². The highest BCUT2D eigenvalue weighted by molar-refractivity contribution is 6.04. The molecule has 1 saturated heterocycles. The lowest BCUT2D eigenvalue weighted by Crippen LogP contribution is -2.45. The highest BCUT2D eigenvalue weighted by atomic mass is 16.2. The molecule has 1 heterocycles. The Hall–Kier alpha value is -1.14. The number of carbonyl (C=O) groups is 2. The zero-order valence-corrected chi connectivity index (χ0v) is 14.4. The summed E-state index contributed by atoms with van der Waals surface area (Å²) in [6, 6.07) is -0.378. The number of hydrogen-bond acceptors (Lipinski definition) is 4. The molecule has 1 aliphatic carbocycles. The van der Waals surface area contributed by atoms with Gasteiger partial charge in [-0.05, 0) is 45.9 Å². The quantitative estimate of drug-likeness (QED) is 0.671. The van der Waals surface area contributed by atoms with Crippen molar-refractivity contribution in [3.63, 3.8) is 0 Å². The Morgan fingerprint density at radius 2 is 1.55 bits per heavy atom. The maximum Gasteiger partial charge on any atom is 0.329 e. The van der Waals surface area contributed by atoms with E-state index in [1.807, 2.05) is 25.9 Å². The fourth-order valence-electron chi connectivity index (χ4n) is 3.37. The summed E-state index contributed by atoms with van der Waals surface area (Å²) in [6.45, 7) is 6.71. The van der Waals surface area contributed by atoms with E-state index in [-0.39, 0.29) is 18.0 Å². The molecule has 2 aliphatic rings. The topological polar surface area (TPSA) is 47.1 Å². The van der Waals surface area contributed by atoms with E-state index < -0.39 is 0 Å². The molecule has 1 atom stereocenters. The standard InChI is InChI=1S/C16H30N4O2/c1-5-17(3)11-19-14(13-9-7-8-10-13)15(21)20(16(19)22)12-18(4)6-2/h13-14H,5-12H2,1-4H3. The van der Waals surface area contributed by atoms with Gasteiger partial charge in [0, 0.05) is 0 Å². The first-order chi connectivity index (χ1) is 10.5. The molecule has 126 valence electrons. The lowest BCUT2D eigenvalue weighted by atomic mass is 9.97. The molecule has 3 amide bonds. The van der Waals surface area contributed by atoms with Gasteiger partial charge in [0.2, 0.25) is 0 Å². The van der Waals surface area contributed by atoms with Gasteiger partial charge in [-0.25, -0.2) is 9.69 Å². The Morgan fingerprint density at radius 1 is 1.00 bits per heavy atom. The van der Waals surface area contributed by atoms with Gasteiger partial charge >= 0.3 is 6.03 Å². The van der Waals surface area contributed by atoms with Gasteiger partial charge in [-0.1, -0.05) is 26.7 Å². The minimum absolute atomic E-state index is 0.00158. The van der Waals surface area contributed by atoms with Crippen LogP contribution in [0.5, 0.6) is 0 Å². The molecule has 0 aromatic heterocycles. The summed E-state index contributed by atoms with van der Waals surface area (Å²) in [6.07, 6.45) is 4.48. The van der Waals surface area contributed by atoms with E-state index in [1.54, 1.807) is 4.90 Å². The zero-order valence-electron chi connectivity index (χ0n) is 14.4. The fraction of sp³-hybridized carbons (Fsp3) is 0.875. The molecule has 0 aromatic carbocycles. The maximum absolute atomic E-state index is 12.9. The highest BCUT2D eigenvalue weighted by Crippen LogP contribution is 2.34. The van der Waals surface area contributed by atoms with E-state index in [2.05, 4.69) is 11.8 Å². The van der Waals surface area contributed by atoms with Gasteiger partial charge in [0.05, 0.1) is 13.3 Å². The predicted molar refractivity (Wildman–Crippen MR) is 86.2 cm³/mol. The number of amides is 3. The lowest BCUT2D eigenvalue weighted by Gasteiger charge is -2.29. The van der Waals surface area contributed by atoms with E-state index in [1.165, 1.54) is 17.7 Å². The number of nitrogens with zero attached hydrogens (tertiary/aromatic N) is 4. The first-order valence-electron chi connectivity index (χ1n) is 8.48. The molecular formula is C16H30N4O2. The monoisotopic (exact) mass is 310 g/mol. The molecular weight excluding hydrogens is 280 g/mol. The summed E-state index contributed by atoms with van der Waals surface area (Å²) < 4.78 is 0. The molecule has 2 rings (SSSR count). The second kappa shape index (κ2) is 7.42. The van der Waals surface area contributed by atoms with E-state index in [0.29, 0.717) is 19.3 Å². The van der Waals surface area contributed by atoms with Crippen LogP contribution < -0.4 is 0 Å². The van der Waals surface area contributed by atoms with Crippen molar-refractivity contribution in [2.75, 3.05) is 40.5 Å². The van der Waals surface area contributed by atoms with Crippen molar-refractivity contribution in [3.05, 3.63) is 0 Å². The molecule has 2 fully saturated rings.